The van der Waals surface area contributed by atoms with Gasteiger partial charge in [0.2, 0.25) is 0 Å². The third-order valence-corrected chi connectivity index (χ3v) is 0.727. The Balaban J connectivity index is 2.75. The highest BCUT2D eigenvalue weighted by Crippen LogP contribution is 1.93. The fourth-order valence-electron chi connectivity index (χ4n) is 0.0630. The first kappa shape index (κ1) is 5.89. The SMILES string of the molecule is CCC(C)OF. The lowest BCUT2D eigenvalue weighted by Crippen LogP contribution is -1.97. The van der Waals surface area contributed by atoms with Gasteiger partial charge in [-0.25, -0.2) is 0 Å². The number of hydrogen-bond donors (Lipinski definition) is 0. The summed E-state index contributed by atoms with van der Waals surface area (Å²) in [5.41, 5.74) is 0. The van der Waals surface area contributed by atoms with Crippen LogP contribution in [0.4, 0.5) is 4.53 Å². The van der Waals surface area contributed by atoms with Gasteiger partial charge in [0.1, 0.15) is 0 Å². The van der Waals surface area contributed by atoms with Crippen molar-refractivity contribution in [2.75, 3.05) is 0 Å². The summed E-state index contributed by atoms with van der Waals surface area (Å²) in [6.45, 7) is 3.55. The van der Waals surface area contributed by atoms with E-state index in [1.807, 2.05) is 6.92 Å². The van der Waals surface area contributed by atoms with E-state index in [-0.39, 0.29) is 6.10 Å². The van der Waals surface area contributed by atoms with Crippen molar-refractivity contribution in [3.8, 4) is 0 Å². The van der Waals surface area contributed by atoms with Gasteiger partial charge in [0, 0.05) is 0 Å². The Labute approximate surface area is 37.0 Å². The monoisotopic (exact) mass is 92.1 g/mol. The van der Waals surface area contributed by atoms with E-state index in [2.05, 4.69) is 4.94 Å². The number of hydrogen-bond acceptors (Lipinski definition) is 1. The van der Waals surface area contributed by atoms with Crippen molar-refractivity contribution in [2.45, 2.75) is 26.4 Å². The molecule has 0 heterocycles. The minimum atomic E-state index is -0.231. The van der Waals surface area contributed by atoms with Gasteiger partial charge >= 0.3 is 0 Å². The van der Waals surface area contributed by atoms with Crippen LogP contribution in [0, 0.1) is 0 Å². The molecule has 0 aliphatic carbocycles. The van der Waals surface area contributed by atoms with Gasteiger partial charge in [0.15, 0.2) is 0 Å². The van der Waals surface area contributed by atoms with Crippen molar-refractivity contribution in [3.05, 3.63) is 0 Å². The van der Waals surface area contributed by atoms with E-state index in [0.29, 0.717) is 0 Å². The summed E-state index contributed by atoms with van der Waals surface area (Å²) < 4.78 is 10.9. The summed E-state index contributed by atoms with van der Waals surface area (Å²) in [7, 11) is 0. The highest BCUT2D eigenvalue weighted by Gasteiger charge is 1.92. The van der Waals surface area contributed by atoms with Crippen LogP contribution in [-0.2, 0) is 4.94 Å². The molecule has 0 aromatic carbocycles. The van der Waals surface area contributed by atoms with Crippen LogP contribution < -0.4 is 0 Å². The van der Waals surface area contributed by atoms with E-state index in [1.54, 1.807) is 6.92 Å². The molecule has 0 saturated heterocycles. The fourth-order valence-corrected chi connectivity index (χ4v) is 0.0630. The van der Waals surface area contributed by atoms with Gasteiger partial charge in [-0.05, 0) is 17.9 Å². The Hall–Kier alpha value is -0.110. The molecule has 0 saturated carbocycles. The number of halogens is 1. The molecule has 0 fully saturated rings. The Morgan fingerprint density at radius 1 is 1.83 bits per heavy atom. The Bertz CT molecular complexity index is 26.7. The third kappa shape index (κ3) is 2.15. The summed E-state index contributed by atoms with van der Waals surface area (Å²) in [5, 5.41) is 0. The molecule has 0 aromatic rings. The van der Waals surface area contributed by atoms with Gasteiger partial charge in [-0.1, -0.05) is 6.92 Å². The molecule has 0 radical (unpaired) electrons. The van der Waals surface area contributed by atoms with Crippen molar-refractivity contribution in [3.63, 3.8) is 0 Å². The van der Waals surface area contributed by atoms with Crippen LogP contribution in [0.3, 0.4) is 0 Å². The minimum absolute atomic E-state index is 0.231. The van der Waals surface area contributed by atoms with Gasteiger partial charge < -0.3 is 0 Å². The van der Waals surface area contributed by atoms with E-state index in [0.717, 1.165) is 6.42 Å². The molecule has 1 nitrogen and oxygen atoms in total. The van der Waals surface area contributed by atoms with Crippen molar-refractivity contribution in [1.82, 2.24) is 0 Å². The molecule has 0 aliphatic rings. The molecular weight excluding hydrogens is 83.0 g/mol. The average Bonchev–Trinajstić information content (AvgIpc) is 1.65. The first-order valence-corrected chi connectivity index (χ1v) is 2.08. The van der Waals surface area contributed by atoms with Crippen LogP contribution in [0.1, 0.15) is 20.3 Å². The van der Waals surface area contributed by atoms with Crippen LogP contribution in [-0.4, -0.2) is 6.10 Å². The summed E-state index contributed by atoms with van der Waals surface area (Å²) in [6.07, 6.45) is 0.501. The lowest BCUT2D eigenvalue weighted by atomic mass is 10.3. The summed E-state index contributed by atoms with van der Waals surface area (Å²) in [4.78, 5) is 3.40. The van der Waals surface area contributed by atoms with Gasteiger partial charge in [-0.15, -0.1) is 0 Å². The Morgan fingerprint density at radius 2 is 2.33 bits per heavy atom. The van der Waals surface area contributed by atoms with E-state index < -0.39 is 0 Å². The van der Waals surface area contributed by atoms with Crippen LogP contribution in [0.5, 0.6) is 0 Å². The molecule has 38 valence electrons. The molecule has 0 aromatic heterocycles. The largest absolute Gasteiger partial charge is 0.191 e. The molecule has 1 unspecified atom stereocenters. The normalized spacial score (nSPS) is 14.5. The predicted molar refractivity (Wildman–Crippen MR) is 21.9 cm³/mol. The smallest absolute Gasteiger partial charge is 0.0953 e. The zero-order chi connectivity index (χ0) is 4.99. The van der Waals surface area contributed by atoms with Crippen LogP contribution >= 0.6 is 0 Å². The van der Waals surface area contributed by atoms with E-state index >= 15 is 0 Å². The molecule has 1 atom stereocenters. The Kier molecular flexibility index (Phi) is 3.04. The second kappa shape index (κ2) is 3.09. The highest BCUT2D eigenvalue weighted by molar-refractivity contribution is 4.36. The van der Waals surface area contributed by atoms with Crippen molar-refractivity contribution in [1.29, 1.82) is 0 Å². The summed E-state index contributed by atoms with van der Waals surface area (Å²) in [6, 6.07) is 0. The molecule has 0 bridgehead atoms. The highest BCUT2D eigenvalue weighted by atomic mass is 19.3. The van der Waals surface area contributed by atoms with Gasteiger partial charge in [0.05, 0.1) is 6.10 Å². The molecule has 0 N–H and O–H groups in total. The zero-order valence-electron chi connectivity index (χ0n) is 4.07. The van der Waals surface area contributed by atoms with Gasteiger partial charge in [-0.2, -0.15) is 4.94 Å². The first-order valence-electron chi connectivity index (χ1n) is 2.08. The second-order valence-electron chi connectivity index (χ2n) is 1.31. The van der Waals surface area contributed by atoms with Gasteiger partial charge in [-0.3, -0.25) is 0 Å². The predicted octanol–water partition coefficient (Wildman–Crippen LogP) is 1.69. The van der Waals surface area contributed by atoms with Crippen molar-refractivity contribution < 1.29 is 9.47 Å². The van der Waals surface area contributed by atoms with Gasteiger partial charge in [0.25, 0.3) is 0 Å². The van der Waals surface area contributed by atoms with Crippen molar-refractivity contribution in [2.24, 2.45) is 0 Å². The molecule has 0 rings (SSSR count). The van der Waals surface area contributed by atoms with Crippen LogP contribution in [0.25, 0.3) is 0 Å². The molecule has 0 amide bonds. The third-order valence-electron chi connectivity index (χ3n) is 0.727. The molecular formula is C4H9FO. The Morgan fingerprint density at radius 3 is 2.33 bits per heavy atom. The quantitative estimate of drug-likeness (QED) is 0.503. The molecule has 2 heteroatoms. The van der Waals surface area contributed by atoms with Crippen molar-refractivity contribution >= 4 is 0 Å². The average molecular weight is 92.1 g/mol. The van der Waals surface area contributed by atoms with E-state index in [9.17, 15) is 4.53 Å². The summed E-state index contributed by atoms with van der Waals surface area (Å²) >= 11 is 0. The second-order valence-corrected chi connectivity index (χ2v) is 1.31. The van der Waals surface area contributed by atoms with Crippen LogP contribution in [0.2, 0.25) is 0 Å². The molecule has 0 aliphatic heterocycles. The number of rotatable bonds is 2. The van der Waals surface area contributed by atoms with E-state index in [4.69, 9.17) is 0 Å². The maximum absolute atomic E-state index is 10.9. The van der Waals surface area contributed by atoms with E-state index in [1.165, 1.54) is 0 Å². The maximum Gasteiger partial charge on any atom is 0.0953 e. The standard InChI is InChI=1S/C4H9FO/c1-3-4(2)6-5/h4H,3H2,1-2H3. The van der Waals surface area contributed by atoms with Crippen LogP contribution in [0.15, 0.2) is 0 Å². The zero-order valence-corrected chi connectivity index (χ0v) is 4.07. The maximum atomic E-state index is 10.9. The molecule has 0 spiro atoms. The topological polar surface area (TPSA) is 9.23 Å². The lowest BCUT2D eigenvalue weighted by molar-refractivity contribution is -0.172. The summed E-state index contributed by atoms with van der Waals surface area (Å²) in [5.74, 6) is 0. The lowest BCUT2D eigenvalue weighted by Gasteiger charge is -1.95. The fraction of sp³-hybridized carbons (Fsp3) is 1.00. The first-order chi connectivity index (χ1) is 2.81. The minimum Gasteiger partial charge on any atom is -0.191 e. The molecule has 6 heavy (non-hydrogen) atoms.